The number of halogens is 1. The van der Waals surface area contributed by atoms with E-state index in [0.29, 0.717) is 26.2 Å². The number of aliphatic imine (C=N–C) groups is 1. The molecule has 2 rings (SSSR count). The minimum absolute atomic E-state index is 0. The van der Waals surface area contributed by atoms with Crippen LogP contribution in [0.5, 0.6) is 0 Å². The van der Waals surface area contributed by atoms with Crippen LogP contribution in [-0.4, -0.2) is 56.7 Å². The third-order valence-corrected chi connectivity index (χ3v) is 4.50. The zero-order valence-electron chi connectivity index (χ0n) is 16.8. The van der Waals surface area contributed by atoms with Gasteiger partial charge in [-0.05, 0) is 38.3 Å². The zero-order valence-corrected chi connectivity index (χ0v) is 19.1. The summed E-state index contributed by atoms with van der Waals surface area (Å²) < 4.78 is 11.0. The van der Waals surface area contributed by atoms with Gasteiger partial charge in [-0.15, -0.1) is 24.0 Å². The molecular formula is C20H32IN3O3. The molecule has 0 amide bonds. The number of benzene rings is 1. The number of rotatable bonds is 6. The van der Waals surface area contributed by atoms with E-state index >= 15 is 0 Å². The van der Waals surface area contributed by atoms with E-state index < -0.39 is 0 Å². The van der Waals surface area contributed by atoms with Crippen LogP contribution in [0.3, 0.4) is 0 Å². The van der Waals surface area contributed by atoms with Gasteiger partial charge in [0.15, 0.2) is 5.96 Å². The van der Waals surface area contributed by atoms with E-state index in [4.69, 9.17) is 9.47 Å². The fraction of sp³-hybridized carbons (Fsp3) is 0.600. The molecule has 0 aromatic heterocycles. The number of nitrogens with one attached hydrogen (secondary N) is 1. The molecule has 6 nitrogen and oxygen atoms in total. The third kappa shape index (κ3) is 7.29. The molecule has 0 bridgehead atoms. The SMILES string of the molecule is CCOC(=O)CCCNC(=NC)N1CCOC(c2ccc(C)cc2C)C1.I. The van der Waals surface area contributed by atoms with Gasteiger partial charge < -0.3 is 19.7 Å². The lowest BCUT2D eigenvalue weighted by atomic mass is 10.00. The first-order valence-electron chi connectivity index (χ1n) is 9.35. The summed E-state index contributed by atoms with van der Waals surface area (Å²) in [5, 5.41) is 3.34. The minimum atomic E-state index is -0.148. The Hall–Kier alpha value is -1.35. The molecule has 1 atom stereocenters. The Morgan fingerprint density at radius 2 is 2.19 bits per heavy atom. The third-order valence-electron chi connectivity index (χ3n) is 4.50. The lowest BCUT2D eigenvalue weighted by Crippen LogP contribution is -2.48. The Morgan fingerprint density at radius 3 is 2.85 bits per heavy atom. The van der Waals surface area contributed by atoms with Crippen LogP contribution in [0.1, 0.15) is 42.6 Å². The molecule has 1 unspecified atom stereocenters. The topological polar surface area (TPSA) is 63.2 Å². The van der Waals surface area contributed by atoms with Crippen LogP contribution in [0, 0.1) is 13.8 Å². The van der Waals surface area contributed by atoms with Crippen LogP contribution in [-0.2, 0) is 14.3 Å². The number of nitrogens with zero attached hydrogens (tertiary/aromatic N) is 2. The van der Waals surface area contributed by atoms with Gasteiger partial charge in [0.05, 0.1) is 19.8 Å². The molecule has 1 aromatic rings. The van der Waals surface area contributed by atoms with E-state index in [0.717, 1.165) is 25.5 Å². The number of hydrogen-bond acceptors (Lipinski definition) is 4. The van der Waals surface area contributed by atoms with E-state index in [1.165, 1.54) is 16.7 Å². The van der Waals surface area contributed by atoms with Crippen LogP contribution in [0.25, 0.3) is 0 Å². The smallest absolute Gasteiger partial charge is 0.305 e. The van der Waals surface area contributed by atoms with Gasteiger partial charge in [0.1, 0.15) is 6.10 Å². The second kappa shape index (κ2) is 12.2. The van der Waals surface area contributed by atoms with Gasteiger partial charge >= 0.3 is 5.97 Å². The van der Waals surface area contributed by atoms with Crippen LogP contribution in [0.15, 0.2) is 23.2 Å². The predicted molar refractivity (Wildman–Crippen MR) is 119 cm³/mol. The Kier molecular flexibility index (Phi) is 10.7. The minimum Gasteiger partial charge on any atom is -0.466 e. The van der Waals surface area contributed by atoms with Crippen molar-refractivity contribution in [2.75, 3.05) is 39.9 Å². The number of guanidine groups is 1. The molecule has 0 aliphatic carbocycles. The maximum absolute atomic E-state index is 11.4. The maximum Gasteiger partial charge on any atom is 0.305 e. The molecule has 1 heterocycles. The number of carbonyl (C=O) groups excluding carboxylic acids is 1. The molecular weight excluding hydrogens is 457 g/mol. The molecule has 1 aromatic carbocycles. The molecule has 152 valence electrons. The summed E-state index contributed by atoms with van der Waals surface area (Å²) in [4.78, 5) is 18.0. The summed E-state index contributed by atoms with van der Waals surface area (Å²) >= 11 is 0. The Morgan fingerprint density at radius 1 is 1.41 bits per heavy atom. The van der Waals surface area contributed by atoms with Gasteiger partial charge in [0, 0.05) is 26.6 Å². The normalized spacial score (nSPS) is 17.3. The van der Waals surface area contributed by atoms with E-state index in [-0.39, 0.29) is 36.0 Å². The Balaban J connectivity index is 0.00000364. The maximum atomic E-state index is 11.4. The van der Waals surface area contributed by atoms with Crippen molar-refractivity contribution < 1.29 is 14.3 Å². The lowest BCUT2D eigenvalue weighted by molar-refractivity contribution is -0.143. The molecule has 1 aliphatic heterocycles. The second-order valence-corrected chi connectivity index (χ2v) is 6.55. The van der Waals surface area contributed by atoms with Crippen molar-refractivity contribution in [2.45, 2.75) is 39.7 Å². The summed E-state index contributed by atoms with van der Waals surface area (Å²) in [5.41, 5.74) is 3.75. The number of ether oxygens (including phenoxy) is 2. The van der Waals surface area contributed by atoms with Crippen LogP contribution in [0.2, 0.25) is 0 Å². The lowest BCUT2D eigenvalue weighted by Gasteiger charge is -2.35. The van der Waals surface area contributed by atoms with Crippen LogP contribution >= 0.6 is 24.0 Å². The van der Waals surface area contributed by atoms with Crippen molar-refractivity contribution in [3.63, 3.8) is 0 Å². The average molecular weight is 489 g/mol. The van der Waals surface area contributed by atoms with Gasteiger partial charge in [0.25, 0.3) is 0 Å². The highest BCUT2D eigenvalue weighted by Crippen LogP contribution is 2.25. The number of aryl methyl sites for hydroxylation is 2. The van der Waals surface area contributed by atoms with Gasteiger partial charge in [-0.3, -0.25) is 9.79 Å². The Bertz CT molecular complexity index is 637. The summed E-state index contributed by atoms with van der Waals surface area (Å²) in [6.07, 6.45) is 1.19. The fourth-order valence-corrected chi connectivity index (χ4v) is 3.22. The summed E-state index contributed by atoms with van der Waals surface area (Å²) in [6, 6.07) is 6.49. The summed E-state index contributed by atoms with van der Waals surface area (Å²) in [5.74, 6) is 0.706. The number of carbonyl (C=O) groups is 1. The zero-order chi connectivity index (χ0) is 18.9. The van der Waals surface area contributed by atoms with E-state index in [1.807, 2.05) is 6.92 Å². The standard InChI is InChI=1S/C20H31N3O3.HI/c1-5-25-19(24)7-6-10-22-20(21-4)23-11-12-26-18(14-23)17-9-8-15(2)13-16(17)3;/h8-9,13,18H,5-7,10-12,14H2,1-4H3,(H,21,22);1H. The molecule has 27 heavy (non-hydrogen) atoms. The average Bonchev–Trinajstić information content (AvgIpc) is 2.62. The van der Waals surface area contributed by atoms with Gasteiger partial charge in [-0.1, -0.05) is 23.8 Å². The molecule has 1 aliphatic rings. The molecule has 1 N–H and O–H groups in total. The monoisotopic (exact) mass is 489 g/mol. The first-order chi connectivity index (χ1) is 12.5. The first kappa shape index (κ1) is 23.7. The molecule has 7 heteroatoms. The molecule has 0 radical (unpaired) electrons. The van der Waals surface area contributed by atoms with Crippen LogP contribution in [0.4, 0.5) is 0 Å². The molecule has 1 fully saturated rings. The van der Waals surface area contributed by atoms with Crippen molar-refractivity contribution in [3.8, 4) is 0 Å². The number of hydrogen-bond donors (Lipinski definition) is 1. The molecule has 0 spiro atoms. The van der Waals surface area contributed by atoms with E-state index in [9.17, 15) is 4.79 Å². The number of esters is 1. The highest BCUT2D eigenvalue weighted by atomic mass is 127. The highest BCUT2D eigenvalue weighted by Gasteiger charge is 2.25. The van der Waals surface area contributed by atoms with Crippen molar-refractivity contribution >= 4 is 35.9 Å². The van der Waals surface area contributed by atoms with Gasteiger partial charge in [0.2, 0.25) is 0 Å². The Labute approximate surface area is 179 Å². The van der Waals surface area contributed by atoms with E-state index in [2.05, 4.69) is 47.3 Å². The first-order valence-corrected chi connectivity index (χ1v) is 9.35. The van der Waals surface area contributed by atoms with Crippen molar-refractivity contribution in [2.24, 2.45) is 4.99 Å². The largest absolute Gasteiger partial charge is 0.466 e. The predicted octanol–water partition coefficient (Wildman–Crippen LogP) is 3.21. The second-order valence-electron chi connectivity index (χ2n) is 6.55. The molecule has 1 saturated heterocycles. The highest BCUT2D eigenvalue weighted by molar-refractivity contribution is 14.0. The summed E-state index contributed by atoms with van der Waals surface area (Å²) in [6.45, 7) is 9.42. The molecule has 0 saturated carbocycles. The van der Waals surface area contributed by atoms with Crippen molar-refractivity contribution in [3.05, 3.63) is 34.9 Å². The summed E-state index contributed by atoms with van der Waals surface area (Å²) in [7, 11) is 1.79. The quantitative estimate of drug-likeness (QED) is 0.219. The van der Waals surface area contributed by atoms with Crippen LogP contribution < -0.4 is 5.32 Å². The number of morpholine rings is 1. The van der Waals surface area contributed by atoms with Crippen molar-refractivity contribution in [1.82, 2.24) is 10.2 Å². The van der Waals surface area contributed by atoms with Gasteiger partial charge in [-0.2, -0.15) is 0 Å². The van der Waals surface area contributed by atoms with Crippen molar-refractivity contribution in [1.29, 1.82) is 0 Å². The fourth-order valence-electron chi connectivity index (χ4n) is 3.22. The van der Waals surface area contributed by atoms with E-state index in [1.54, 1.807) is 7.05 Å². The van der Waals surface area contributed by atoms with Gasteiger partial charge in [-0.25, -0.2) is 0 Å².